The molecule has 0 atom stereocenters. The number of aromatic amines is 1. The molecule has 2 N–H and O–H groups in total. The summed E-state index contributed by atoms with van der Waals surface area (Å²) in [7, 11) is 1.57. The van der Waals surface area contributed by atoms with Gasteiger partial charge in [0, 0.05) is 23.0 Å². The standard InChI is InChI=1S/C19H18N2O4/c1-24-17-9-5-3-7-14(17)11-20-18(22)12-25-19(23)16-10-13-6-2-4-8-15(13)21-16/h2-10,21H,11-12H2,1H3,(H,20,22). The van der Waals surface area contributed by atoms with E-state index in [9.17, 15) is 9.59 Å². The van der Waals surface area contributed by atoms with Crippen molar-refractivity contribution in [3.63, 3.8) is 0 Å². The van der Waals surface area contributed by atoms with E-state index in [1.807, 2.05) is 48.5 Å². The third-order valence-electron chi connectivity index (χ3n) is 3.75. The van der Waals surface area contributed by atoms with Gasteiger partial charge in [-0.1, -0.05) is 36.4 Å². The van der Waals surface area contributed by atoms with E-state index >= 15 is 0 Å². The Morgan fingerprint density at radius 1 is 1.08 bits per heavy atom. The number of amides is 1. The first-order chi connectivity index (χ1) is 12.2. The summed E-state index contributed by atoms with van der Waals surface area (Å²) in [4.78, 5) is 26.9. The zero-order valence-electron chi connectivity index (χ0n) is 13.7. The van der Waals surface area contributed by atoms with Crippen molar-refractivity contribution < 1.29 is 19.1 Å². The Hall–Kier alpha value is -3.28. The number of hydrogen-bond donors (Lipinski definition) is 2. The summed E-state index contributed by atoms with van der Waals surface area (Å²) in [6.45, 7) is -0.0455. The highest BCUT2D eigenvalue weighted by molar-refractivity contribution is 5.95. The Bertz CT molecular complexity index is 868. The van der Waals surface area contributed by atoms with E-state index in [-0.39, 0.29) is 12.5 Å². The van der Waals surface area contributed by atoms with Crippen molar-refractivity contribution in [1.82, 2.24) is 10.3 Å². The number of benzene rings is 2. The van der Waals surface area contributed by atoms with E-state index in [2.05, 4.69) is 10.3 Å². The Balaban J connectivity index is 1.52. The van der Waals surface area contributed by atoms with Crippen LogP contribution in [-0.4, -0.2) is 30.6 Å². The number of esters is 1. The van der Waals surface area contributed by atoms with Gasteiger partial charge in [-0.2, -0.15) is 0 Å². The van der Waals surface area contributed by atoms with Crippen LogP contribution in [0.3, 0.4) is 0 Å². The Morgan fingerprint density at radius 2 is 1.84 bits per heavy atom. The van der Waals surface area contributed by atoms with Gasteiger partial charge in [0.1, 0.15) is 11.4 Å². The van der Waals surface area contributed by atoms with Crippen molar-refractivity contribution in [2.45, 2.75) is 6.54 Å². The predicted molar refractivity (Wildman–Crippen MR) is 93.4 cm³/mol. The van der Waals surface area contributed by atoms with Crippen LogP contribution in [0.5, 0.6) is 5.75 Å². The first-order valence-electron chi connectivity index (χ1n) is 7.81. The van der Waals surface area contributed by atoms with Gasteiger partial charge in [0.05, 0.1) is 7.11 Å². The summed E-state index contributed by atoms with van der Waals surface area (Å²) >= 11 is 0. The Labute approximate surface area is 144 Å². The fraction of sp³-hybridized carbons (Fsp3) is 0.158. The fourth-order valence-corrected chi connectivity index (χ4v) is 2.49. The SMILES string of the molecule is COc1ccccc1CNC(=O)COC(=O)c1cc2ccccc2[nH]1. The molecule has 0 aliphatic rings. The molecule has 2 aromatic carbocycles. The second-order valence-corrected chi connectivity index (χ2v) is 5.43. The average Bonchev–Trinajstić information content (AvgIpc) is 3.09. The molecule has 0 aliphatic heterocycles. The van der Waals surface area contributed by atoms with Crippen molar-refractivity contribution in [3.8, 4) is 5.75 Å². The van der Waals surface area contributed by atoms with Crippen molar-refractivity contribution in [2.24, 2.45) is 0 Å². The van der Waals surface area contributed by atoms with E-state index in [0.717, 1.165) is 16.5 Å². The average molecular weight is 338 g/mol. The molecule has 6 nitrogen and oxygen atoms in total. The molecule has 1 heterocycles. The number of fused-ring (bicyclic) bond motifs is 1. The first kappa shape index (κ1) is 16.6. The highest BCUT2D eigenvalue weighted by Crippen LogP contribution is 2.17. The minimum absolute atomic E-state index is 0.298. The van der Waals surface area contributed by atoms with Gasteiger partial charge in [-0.05, 0) is 18.2 Å². The summed E-state index contributed by atoms with van der Waals surface area (Å²) in [5.74, 6) is -0.253. The molecule has 3 rings (SSSR count). The molecule has 0 unspecified atom stereocenters. The number of aromatic nitrogens is 1. The summed E-state index contributed by atoms with van der Waals surface area (Å²) < 4.78 is 10.3. The quantitative estimate of drug-likeness (QED) is 0.677. The lowest BCUT2D eigenvalue weighted by Crippen LogP contribution is -2.28. The van der Waals surface area contributed by atoms with E-state index in [1.54, 1.807) is 13.2 Å². The molecule has 0 spiro atoms. The van der Waals surface area contributed by atoms with Crippen LogP contribution in [0.1, 0.15) is 16.1 Å². The number of ether oxygens (including phenoxy) is 2. The van der Waals surface area contributed by atoms with Gasteiger partial charge in [0.25, 0.3) is 5.91 Å². The molecule has 0 aliphatic carbocycles. The smallest absolute Gasteiger partial charge is 0.355 e. The number of para-hydroxylation sites is 2. The maximum absolute atomic E-state index is 12.0. The summed E-state index contributed by atoms with van der Waals surface area (Å²) in [6.07, 6.45) is 0. The molecule has 0 bridgehead atoms. The summed E-state index contributed by atoms with van der Waals surface area (Å²) in [6, 6.07) is 16.6. The molecule has 128 valence electrons. The van der Waals surface area contributed by atoms with E-state index in [1.165, 1.54) is 0 Å². The topological polar surface area (TPSA) is 80.4 Å². The van der Waals surface area contributed by atoms with E-state index in [4.69, 9.17) is 9.47 Å². The van der Waals surface area contributed by atoms with Gasteiger partial charge in [-0.15, -0.1) is 0 Å². The number of rotatable bonds is 6. The Morgan fingerprint density at radius 3 is 2.64 bits per heavy atom. The lowest BCUT2D eigenvalue weighted by Gasteiger charge is -2.09. The van der Waals surface area contributed by atoms with Crippen LogP contribution in [0.15, 0.2) is 54.6 Å². The molecule has 1 aromatic heterocycles. The van der Waals surface area contributed by atoms with E-state index < -0.39 is 5.97 Å². The van der Waals surface area contributed by atoms with Gasteiger partial charge in [-0.25, -0.2) is 4.79 Å². The highest BCUT2D eigenvalue weighted by Gasteiger charge is 2.13. The van der Waals surface area contributed by atoms with Gasteiger partial charge in [0.15, 0.2) is 6.61 Å². The number of carbonyl (C=O) groups excluding carboxylic acids is 2. The molecule has 0 saturated heterocycles. The second-order valence-electron chi connectivity index (χ2n) is 5.43. The summed E-state index contributed by atoms with van der Waals surface area (Å²) in [5, 5.41) is 3.61. The first-order valence-corrected chi connectivity index (χ1v) is 7.81. The van der Waals surface area contributed by atoms with Crippen LogP contribution < -0.4 is 10.1 Å². The molecule has 0 radical (unpaired) electrons. The van der Waals surface area contributed by atoms with Crippen molar-refractivity contribution in [3.05, 3.63) is 65.9 Å². The molecule has 25 heavy (non-hydrogen) atoms. The van der Waals surface area contributed by atoms with Crippen molar-refractivity contribution >= 4 is 22.8 Å². The number of methoxy groups -OCH3 is 1. The summed E-state index contributed by atoms with van der Waals surface area (Å²) in [5.41, 5.74) is 2.01. The highest BCUT2D eigenvalue weighted by atomic mass is 16.5. The van der Waals surface area contributed by atoms with Gasteiger partial charge >= 0.3 is 5.97 Å². The minimum atomic E-state index is -0.566. The van der Waals surface area contributed by atoms with Crippen LogP contribution >= 0.6 is 0 Å². The number of carbonyl (C=O) groups is 2. The number of H-pyrrole nitrogens is 1. The normalized spacial score (nSPS) is 10.4. The molecule has 3 aromatic rings. The number of hydrogen-bond acceptors (Lipinski definition) is 4. The zero-order valence-corrected chi connectivity index (χ0v) is 13.7. The molecule has 0 saturated carbocycles. The molecular formula is C19H18N2O4. The van der Waals surface area contributed by atoms with Gasteiger partial charge in [-0.3, -0.25) is 4.79 Å². The predicted octanol–water partition coefficient (Wildman–Crippen LogP) is 2.65. The van der Waals surface area contributed by atoms with Crippen molar-refractivity contribution in [1.29, 1.82) is 0 Å². The molecular weight excluding hydrogens is 320 g/mol. The van der Waals surface area contributed by atoms with Crippen LogP contribution in [0, 0.1) is 0 Å². The third-order valence-corrected chi connectivity index (χ3v) is 3.75. The monoisotopic (exact) mass is 338 g/mol. The van der Waals surface area contributed by atoms with E-state index in [0.29, 0.717) is 18.0 Å². The molecule has 0 fully saturated rings. The lowest BCUT2D eigenvalue weighted by molar-refractivity contribution is -0.124. The lowest BCUT2D eigenvalue weighted by atomic mass is 10.2. The molecule has 6 heteroatoms. The largest absolute Gasteiger partial charge is 0.496 e. The second kappa shape index (κ2) is 7.53. The van der Waals surface area contributed by atoms with Gasteiger partial charge in [0.2, 0.25) is 0 Å². The van der Waals surface area contributed by atoms with Gasteiger partial charge < -0.3 is 19.8 Å². The number of nitrogens with one attached hydrogen (secondary N) is 2. The fourth-order valence-electron chi connectivity index (χ4n) is 2.49. The van der Waals surface area contributed by atoms with Crippen LogP contribution in [0.2, 0.25) is 0 Å². The maximum atomic E-state index is 12.0. The maximum Gasteiger partial charge on any atom is 0.355 e. The van der Waals surface area contributed by atoms with Crippen molar-refractivity contribution in [2.75, 3.05) is 13.7 Å². The minimum Gasteiger partial charge on any atom is -0.496 e. The zero-order chi connectivity index (χ0) is 17.6. The van der Waals surface area contributed by atoms with Crippen LogP contribution in [-0.2, 0) is 16.1 Å². The molecule has 1 amide bonds. The van der Waals surface area contributed by atoms with Crippen LogP contribution in [0.25, 0.3) is 10.9 Å². The Kier molecular flexibility index (Phi) is 4.99. The third kappa shape index (κ3) is 3.98. The van der Waals surface area contributed by atoms with Crippen LogP contribution in [0.4, 0.5) is 0 Å².